The molecule has 0 bridgehead atoms. The molecule has 9 nitrogen and oxygen atoms in total. The Balaban J connectivity index is 0.000000611. The molecule has 4 N–H and O–H groups in total. The fourth-order valence-corrected chi connectivity index (χ4v) is 5.93. The zero-order chi connectivity index (χ0) is 29.5. The highest BCUT2D eigenvalue weighted by Gasteiger charge is 2.20. The Bertz CT molecular complexity index is 1330. The fraction of sp³-hybridized carbons (Fsp3) is 0.310. The monoisotopic (exact) mass is 585 g/mol. The second-order valence-electron chi connectivity index (χ2n) is 9.45. The fourth-order valence-electron chi connectivity index (χ4n) is 3.36. The molecule has 0 aromatic heterocycles. The lowest BCUT2D eigenvalue weighted by Gasteiger charge is -2.14. The number of benzene rings is 3. The average molecular weight is 586 g/mol. The molecule has 0 aliphatic carbocycles. The predicted octanol–water partition coefficient (Wildman–Crippen LogP) is 3.74. The first-order valence-electron chi connectivity index (χ1n) is 12.8. The molecule has 0 heterocycles. The summed E-state index contributed by atoms with van der Waals surface area (Å²) in [5.74, 6) is -0.409. The highest BCUT2D eigenvalue weighted by Crippen LogP contribution is 2.35. The van der Waals surface area contributed by atoms with Crippen LogP contribution in [-0.2, 0) is 14.8 Å². The molecule has 0 fully saturated rings. The number of hydrogen-bond acceptors (Lipinski definition) is 7. The lowest BCUT2D eigenvalue weighted by Crippen LogP contribution is -2.27. The van der Waals surface area contributed by atoms with Crippen molar-refractivity contribution in [2.75, 3.05) is 52.5 Å². The quantitative estimate of drug-likeness (QED) is 0.261. The van der Waals surface area contributed by atoms with E-state index in [0.717, 1.165) is 19.5 Å². The number of carbonyl (C=O) groups excluding carboxylic acids is 2. The molecule has 0 saturated carbocycles. The SMILES string of the molecule is CN(C)CCC(N)=O.CN(C)CCCNC(=O)c1ccccc1Sc1ccccc1S(=O)(=O)Nc1ccccc1. The summed E-state index contributed by atoms with van der Waals surface area (Å²) in [6, 6.07) is 22.8. The summed E-state index contributed by atoms with van der Waals surface area (Å²) in [5.41, 5.74) is 5.88. The van der Waals surface area contributed by atoms with Crippen LogP contribution in [0.1, 0.15) is 23.2 Å². The van der Waals surface area contributed by atoms with Gasteiger partial charge in [-0.3, -0.25) is 14.3 Å². The molecule has 3 rings (SSSR count). The van der Waals surface area contributed by atoms with E-state index in [2.05, 4.69) is 14.9 Å². The zero-order valence-electron chi connectivity index (χ0n) is 23.5. The number of nitrogens with one attached hydrogen (secondary N) is 2. The van der Waals surface area contributed by atoms with Crippen molar-refractivity contribution in [1.29, 1.82) is 0 Å². The molecule has 0 radical (unpaired) electrons. The van der Waals surface area contributed by atoms with Gasteiger partial charge in [0, 0.05) is 35.0 Å². The molecule has 2 amide bonds. The first kappa shape index (κ1) is 32.8. The Hall–Kier alpha value is -3.38. The van der Waals surface area contributed by atoms with Crippen molar-refractivity contribution in [3.8, 4) is 0 Å². The van der Waals surface area contributed by atoms with Gasteiger partial charge in [-0.1, -0.05) is 54.2 Å². The van der Waals surface area contributed by atoms with E-state index in [1.165, 1.54) is 11.8 Å². The highest BCUT2D eigenvalue weighted by atomic mass is 32.2. The summed E-state index contributed by atoms with van der Waals surface area (Å²) >= 11 is 1.26. The van der Waals surface area contributed by atoms with Crippen LogP contribution in [0.25, 0.3) is 0 Å². The normalized spacial score (nSPS) is 11.1. The van der Waals surface area contributed by atoms with Gasteiger partial charge in [-0.25, -0.2) is 8.42 Å². The van der Waals surface area contributed by atoms with Crippen LogP contribution in [-0.4, -0.2) is 77.9 Å². The van der Waals surface area contributed by atoms with Gasteiger partial charge in [-0.05, 0) is 77.6 Å². The third-order valence-corrected chi connectivity index (χ3v) is 8.11. The van der Waals surface area contributed by atoms with Crippen molar-refractivity contribution >= 4 is 39.3 Å². The second kappa shape index (κ2) is 16.7. The van der Waals surface area contributed by atoms with Crippen LogP contribution in [0.15, 0.2) is 93.5 Å². The molecule has 3 aromatic rings. The number of nitrogens with zero attached hydrogens (tertiary/aromatic N) is 2. The Morgan fingerprint density at radius 2 is 1.38 bits per heavy atom. The standard InChI is InChI=1S/C24H27N3O3S2.C5H12N2O/c1-27(2)18-10-17-25-24(28)20-13-6-7-14-21(20)31-22-15-8-9-16-23(22)32(29,30)26-19-11-4-3-5-12-19;1-7(2)4-3-5(6)8/h3-9,11-16,26H,10,17-18H2,1-2H3,(H,25,28);3-4H2,1-2H3,(H2,6,8). The molecular formula is C29H39N5O4S2. The van der Waals surface area contributed by atoms with Gasteiger partial charge >= 0.3 is 0 Å². The molecule has 11 heteroatoms. The topological polar surface area (TPSA) is 125 Å². The Morgan fingerprint density at radius 3 is 1.98 bits per heavy atom. The number of para-hydroxylation sites is 1. The van der Waals surface area contributed by atoms with Crippen molar-refractivity contribution < 1.29 is 18.0 Å². The summed E-state index contributed by atoms with van der Waals surface area (Å²) in [5, 5.41) is 2.95. The van der Waals surface area contributed by atoms with Crippen molar-refractivity contribution in [1.82, 2.24) is 15.1 Å². The molecular weight excluding hydrogens is 546 g/mol. The molecule has 216 valence electrons. The summed E-state index contributed by atoms with van der Waals surface area (Å²) in [6.07, 6.45) is 1.30. The number of amides is 2. The van der Waals surface area contributed by atoms with Crippen LogP contribution < -0.4 is 15.8 Å². The average Bonchev–Trinajstić information content (AvgIpc) is 2.91. The van der Waals surface area contributed by atoms with E-state index in [1.54, 1.807) is 60.7 Å². The van der Waals surface area contributed by atoms with E-state index in [1.807, 2.05) is 51.3 Å². The summed E-state index contributed by atoms with van der Waals surface area (Å²) in [7, 11) is 4.00. The van der Waals surface area contributed by atoms with Crippen LogP contribution in [0.3, 0.4) is 0 Å². The van der Waals surface area contributed by atoms with Crippen molar-refractivity contribution in [2.45, 2.75) is 27.5 Å². The van der Waals surface area contributed by atoms with Gasteiger partial charge in [-0.2, -0.15) is 0 Å². The van der Waals surface area contributed by atoms with Crippen molar-refractivity contribution in [3.63, 3.8) is 0 Å². The van der Waals surface area contributed by atoms with E-state index in [0.29, 0.717) is 34.0 Å². The Morgan fingerprint density at radius 1 is 0.800 bits per heavy atom. The van der Waals surface area contributed by atoms with E-state index in [4.69, 9.17) is 5.73 Å². The molecule has 0 saturated heterocycles. The van der Waals surface area contributed by atoms with Gasteiger partial charge in [0.05, 0.1) is 5.56 Å². The lowest BCUT2D eigenvalue weighted by atomic mass is 10.2. The molecule has 0 unspecified atom stereocenters. The van der Waals surface area contributed by atoms with Gasteiger partial charge in [0.2, 0.25) is 5.91 Å². The first-order valence-corrected chi connectivity index (χ1v) is 15.1. The number of sulfonamides is 1. The maximum atomic E-state index is 13.1. The first-order chi connectivity index (χ1) is 19.0. The molecule has 40 heavy (non-hydrogen) atoms. The van der Waals surface area contributed by atoms with E-state index >= 15 is 0 Å². The Labute approximate surface area is 242 Å². The lowest BCUT2D eigenvalue weighted by molar-refractivity contribution is -0.118. The Kier molecular flexibility index (Phi) is 13.7. The molecule has 0 aliphatic heterocycles. The summed E-state index contributed by atoms with van der Waals surface area (Å²) in [6.45, 7) is 2.20. The molecule has 0 spiro atoms. The number of anilines is 1. The van der Waals surface area contributed by atoms with E-state index < -0.39 is 10.0 Å². The van der Waals surface area contributed by atoms with Gasteiger partial charge in [0.1, 0.15) is 4.90 Å². The maximum absolute atomic E-state index is 13.1. The predicted molar refractivity (Wildman–Crippen MR) is 162 cm³/mol. The van der Waals surface area contributed by atoms with Gasteiger partial charge in [0.15, 0.2) is 0 Å². The smallest absolute Gasteiger partial charge is 0.263 e. The van der Waals surface area contributed by atoms with Crippen molar-refractivity contribution in [3.05, 3.63) is 84.4 Å². The minimum Gasteiger partial charge on any atom is -0.370 e. The zero-order valence-corrected chi connectivity index (χ0v) is 25.1. The maximum Gasteiger partial charge on any atom is 0.263 e. The molecule has 0 aliphatic rings. The minimum atomic E-state index is -3.80. The number of hydrogen-bond donors (Lipinski definition) is 3. The highest BCUT2D eigenvalue weighted by molar-refractivity contribution is 8.00. The van der Waals surface area contributed by atoms with E-state index in [9.17, 15) is 18.0 Å². The minimum absolute atomic E-state index is 0.162. The largest absolute Gasteiger partial charge is 0.370 e. The third-order valence-electron chi connectivity index (χ3n) is 5.39. The van der Waals surface area contributed by atoms with Crippen LogP contribution in [0.5, 0.6) is 0 Å². The molecule has 0 atom stereocenters. The van der Waals surface area contributed by atoms with Gasteiger partial charge in [-0.15, -0.1) is 0 Å². The van der Waals surface area contributed by atoms with Crippen LogP contribution in [0, 0.1) is 0 Å². The number of nitrogens with two attached hydrogens (primary N) is 1. The summed E-state index contributed by atoms with van der Waals surface area (Å²) < 4.78 is 28.7. The van der Waals surface area contributed by atoms with E-state index in [-0.39, 0.29) is 16.7 Å². The van der Waals surface area contributed by atoms with Crippen LogP contribution in [0.4, 0.5) is 5.69 Å². The van der Waals surface area contributed by atoms with Crippen LogP contribution in [0.2, 0.25) is 0 Å². The third kappa shape index (κ3) is 11.8. The number of carbonyl (C=O) groups is 2. The second-order valence-corrected chi connectivity index (χ2v) is 12.2. The van der Waals surface area contributed by atoms with Crippen LogP contribution >= 0.6 is 11.8 Å². The van der Waals surface area contributed by atoms with Gasteiger partial charge < -0.3 is 20.9 Å². The summed E-state index contributed by atoms with van der Waals surface area (Å²) in [4.78, 5) is 28.2. The van der Waals surface area contributed by atoms with Gasteiger partial charge in [0.25, 0.3) is 15.9 Å². The number of rotatable bonds is 13. The van der Waals surface area contributed by atoms with Crippen molar-refractivity contribution in [2.24, 2.45) is 5.73 Å². The number of primary amides is 1. The molecule has 3 aromatic carbocycles.